The van der Waals surface area contributed by atoms with Crippen LogP contribution < -0.4 is 4.72 Å². The number of nitrogens with one attached hydrogen (secondary N) is 1. The van der Waals surface area contributed by atoms with Crippen molar-refractivity contribution >= 4 is 33.6 Å². The van der Waals surface area contributed by atoms with Crippen LogP contribution in [0.4, 0.5) is 0 Å². The molecule has 0 bridgehead atoms. The number of carboxylic acids is 2. The highest BCUT2D eigenvalue weighted by atomic mass is 35.5. The van der Waals surface area contributed by atoms with E-state index in [2.05, 4.69) is 0 Å². The van der Waals surface area contributed by atoms with Crippen molar-refractivity contribution in [1.29, 1.82) is 0 Å². The van der Waals surface area contributed by atoms with Crippen molar-refractivity contribution in [2.75, 3.05) is 0 Å². The molecule has 1 rings (SSSR count). The van der Waals surface area contributed by atoms with Crippen LogP contribution in [0.25, 0.3) is 0 Å². The van der Waals surface area contributed by atoms with Gasteiger partial charge in [0.2, 0.25) is 10.0 Å². The van der Waals surface area contributed by atoms with Crippen molar-refractivity contribution in [3.63, 3.8) is 0 Å². The predicted octanol–water partition coefficient (Wildman–Crippen LogP) is 0.546. The molecule has 0 saturated heterocycles. The fourth-order valence-electron chi connectivity index (χ4n) is 1.24. The summed E-state index contributed by atoms with van der Waals surface area (Å²) in [6, 6.07) is 3.43. The number of sulfonamides is 1. The molecule has 0 aliphatic rings. The Bertz CT molecular complexity index is 600. The van der Waals surface area contributed by atoms with Gasteiger partial charge in [0, 0.05) is 5.02 Å². The number of rotatable bonds is 6. The van der Waals surface area contributed by atoms with E-state index in [4.69, 9.17) is 21.8 Å². The average molecular weight is 308 g/mol. The Labute approximate surface area is 113 Å². The summed E-state index contributed by atoms with van der Waals surface area (Å²) in [5, 5.41) is 17.5. The first-order valence-corrected chi connectivity index (χ1v) is 6.81. The van der Waals surface area contributed by atoms with Gasteiger partial charge in [-0.2, -0.15) is 4.72 Å². The highest BCUT2D eigenvalue weighted by Gasteiger charge is 2.27. The molecule has 0 fully saturated rings. The van der Waals surface area contributed by atoms with Gasteiger partial charge in [-0.15, -0.1) is 0 Å². The molecular formula is C10H10ClNO6S. The third-order valence-corrected chi connectivity index (χ3v) is 3.79. The number of benzene rings is 1. The first-order chi connectivity index (χ1) is 8.72. The maximum atomic E-state index is 11.9. The number of aliphatic carboxylic acids is 2. The largest absolute Gasteiger partial charge is 0.481 e. The second-order valence-electron chi connectivity index (χ2n) is 3.57. The summed E-state index contributed by atoms with van der Waals surface area (Å²) in [7, 11) is -4.15. The van der Waals surface area contributed by atoms with Crippen LogP contribution in [-0.4, -0.2) is 36.6 Å². The van der Waals surface area contributed by atoms with E-state index in [0.717, 1.165) is 6.07 Å². The van der Waals surface area contributed by atoms with Crippen LogP contribution in [-0.2, 0) is 19.6 Å². The normalized spacial score (nSPS) is 12.9. The Morgan fingerprint density at radius 3 is 2.42 bits per heavy atom. The summed E-state index contributed by atoms with van der Waals surface area (Å²) in [5.41, 5.74) is 0. The van der Waals surface area contributed by atoms with Crippen molar-refractivity contribution in [2.45, 2.75) is 17.4 Å². The van der Waals surface area contributed by atoms with E-state index in [1.807, 2.05) is 0 Å². The molecule has 0 saturated carbocycles. The number of hydrogen-bond donors (Lipinski definition) is 3. The molecule has 3 N–H and O–H groups in total. The Morgan fingerprint density at radius 2 is 1.95 bits per heavy atom. The van der Waals surface area contributed by atoms with Crippen LogP contribution in [0.2, 0.25) is 5.02 Å². The molecule has 0 aliphatic heterocycles. The lowest BCUT2D eigenvalue weighted by Gasteiger charge is -2.12. The van der Waals surface area contributed by atoms with Crippen LogP contribution in [0.3, 0.4) is 0 Å². The van der Waals surface area contributed by atoms with Crippen molar-refractivity contribution in [1.82, 2.24) is 4.72 Å². The topological polar surface area (TPSA) is 121 Å². The Balaban J connectivity index is 3.00. The van der Waals surface area contributed by atoms with Crippen LogP contribution in [0.5, 0.6) is 0 Å². The number of carboxylic acid groups (broad SMARTS) is 2. The van der Waals surface area contributed by atoms with Crippen LogP contribution in [0, 0.1) is 0 Å². The molecule has 0 spiro atoms. The second kappa shape index (κ2) is 6.00. The van der Waals surface area contributed by atoms with Gasteiger partial charge in [0.25, 0.3) is 0 Å². The quantitative estimate of drug-likeness (QED) is 0.705. The van der Waals surface area contributed by atoms with E-state index >= 15 is 0 Å². The Hall–Kier alpha value is -1.64. The van der Waals surface area contributed by atoms with Gasteiger partial charge in [0.1, 0.15) is 6.04 Å². The maximum Gasteiger partial charge on any atom is 0.322 e. The van der Waals surface area contributed by atoms with Gasteiger partial charge < -0.3 is 10.2 Å². The van der Waals surface area contributed by atoms with Crippen molar-refractivity contribution in [3.05, 3.63) is 29.3 Å². The molecule has 0 heterocycles. The van der Waals surface area contributed by atoms with Crippen LogP contribution in [0.1, 0.15) is 6.42 Å². The summed E-state index contributed by atoms with van der Waals surface area (Å²) >= 11 is 5.63. The van der Waals surface area contributed by atoms with Crippen LogP contribution in [0.15, 0.2) is 29.2 Å². The van der Waals surface area contributed by atoms with E-state index in [9.17, 15) is 18.0 Å². The summed E-state index contributed by atoms with van der Waals surface area (Å²) in [6.07, 6.45) is -0.866. The molecular weight excluding hydrogens is 298 g/mol. The van der Waals surface area contributed by atoms with Crippen LogP contribution >= 0.6 is 11.6 Å². The lowest BCUT2D eigenvalue weighted by atomic mass is 10.2. The lowest BCUT2D eigenvalue weighted by Crippen LogP contribution is -2.42. The molecule has 1 aromatic carbocycles. The summed E-state index contributed by atoms with van der Waals surface area (Å²) < 4.78 is 25.5. The SMILES string of the molecule is O=C(O)C[C@H](NS(=O)(=O)c1cccc(Cl)c1)C(=O)O. The first-order valence-electron chi connectivity index (χ1n) is 4.95. The maximum absolute atomic E-state index is 11.9. The van der Waals surface area contributed by atoms with Gasteiger partial charge in [0.15, 0.2) is 0 Å². The molecule has 1 atom stereocenters. The molecule has 104 valence electrons. The minimum absolute atomic E-state index is 0.160. The summed E-state index contributed by atoms with van der Waals surface area (Å²) in [5.74, 6) is -3.01. The van der Waals surface area contributed by atoms with Gasteiger partial charge in [-0.05, 0) is 18.2 Å². The van der Waals surface area contributed by atoms with Crippen molar-refractivity contribution in [2.24, 2.45) is 0 Å². The molecule has 9 heteroatoms. The fourth-order valence-corrected chi connectivity index (χ4v) is 2.73. The Morgan fingerprint density at radius 1 is 1.32 bits per heavy atom. The minimum Gasteiger partial charge on any atom is -0.481 e. The van der Waals surface area contributed by atoms with E-state index in [1.165, 1.54) is 18.2 Å². The zero-order valence-electron chi connectivity index (χ0n) is 9.41. The first kappa shape index (κ1) is 15.4. The molecule has 0 unspecified atom stereocenters. The van der Waals surface area contributed by atoms with Gasteiger partial charge in [-0.1, -0.05) is 17.7 Å². The lowest BCUT2D eigenvalue weighted by molar-refractivity contribution is -0.145. The predicted molar refractivity (Wildman–Crippen MR) is 65.5 cm³/mol. The molecule has 1 aromatic rings. The van der Waals surface area contributed by atoms with E-state index < -0.39 is 34.4 Å². The van der Waals surface area contributed by atoms with Gasteiger partial charge >= 0.3 is 11.9 Å². The number of hydrogen-bond acceptors (Lipinski definition) is 4. The van der Waals surface area contributed by atoms with E-state index in [0.29, 0.717) is 0 Å². The number of halogens is 1. The van der Waals surface area contributed by atoms with E-state index in [-0.39, 0.29) is 9.92 Å². The van der Waals surface area contributed by atoms with Crippen molar-refractivity contribution in [3.8, 4) is 0 Å². The van der Waals surface area contributed by atoms with Gasteiger partial charge in [-0.25, -0.2) is 8.42 Å². The minimum atomic E-state index is -4.15. The Kier molecular flexibility index (Phi) is 4.87. The van der Waals surface area contributed by atoms with Gasteiger partial charge in [0.05, 0.1) is 11.3 Å². The molecule has 19 heavy (non-hydrogen) atoms. The highest BCUT2D eigenvalue weighted by molar-refractivity contribution is 7.89. The summed E-state index contributed by atoms with van der Waals surface area (Å²) in [4.78, 5) is 21.0. The molecule has 0 amide bonds. The molecule has 7 nitrogen and oxygen atoms in total. The molecule has 0 radical (unpaired) electrons. The third-order valence-electron chi connectivity index (χ3n) is 2.08. The van der Waals surface area contributed by atoms with E-state index in [1.54, 1.807) is 4.72 Å². The van der Waals surface area contributed by atoms with Gasteiger partial charge in [-0.3, -0.25) is 9.59 Å². The molecule has 0 aliphatic carbocycles. The zero-order chi connectivity index (χ0) is 14.6. The number of carbonyl (C=O) groups is 2. The third kappa shape index (κ3) is 4.51. The van der Waals surface area contributed by atoms with Crippen molar-refractivity contribution < 1.29 is 28.2 Å². The zero-order valence-corrected chi connectivity index (χ0v) is 11.0. The monoisotopic (exact) mass is 307 g/mol. The summed E-state index contributed by atoms with van der Waals surface area (Å²) in [6.45, 7) is 0. The average Bonchev–Trinajstić information content (AvgIpc) is 2.27. The molecule has 0 aromatic heterocycles. The second-order valence-corrected chi connectivity index (χ2v) is 5.72. The fraction of sp³-hybridized carbons (Fsp3) is 0.200. The standard InChI is InChI=1S/C10H10ClNO6S/c11-6-2-1-3-7(4-6)19(17,18)12-8(10(15)16)5-9(13)14/h1-4,8,12H,5H2,(H,13,14)(H,15,16)/t8-/m0/s1. The highest BCUT2D eigenvalue weighted by Crippen LogP contribution is 2.15. The smallest absolute Gasteiger partial charge is 0.322 e.